The third-order valence-corrected chi connectivity index (χ3v) is 8.56. The van der Waals surface area contributed by atoms with E-state index in [1.807, 2.05) is 55.1 Å². The fourth-order valence-corrected chi connectivity index (χ4v) is 6.41. The maximum Gasteiger partial charge on any atom is 0.162 e. The lowest BCUT2D eigenvalue weighted by atomic mass is 9.68. The van der Waals surface area contributed by atoms with Crippen molar-refractivity contribution in [3.8, 4) is 11.8 Å². The summed E-state index contributed by atoms with van der Waals surface area (Å²) in [6.45, 7) is 10.7. The van der Waals surface area contributed by atoms with E-state index in [9.17, 15) is 10.1 Å². The van der Waals surface area contributed by atoms with Crippen molar-refractivity contribution in [3.05, 3.63) is 116 Å². The number of carbonyl (C=O) groups excluding carboxylic acids is 1. The number of rotatable bonds is 6. The summed E-state index contributed by atoms with van der Waals surface area (Å²) >= 11 is 6.33. The van der Waals surface area contributed by atoms with Gasteiger partial charge in [-0.3, -0.25) is 9.69 Å². The Morgan fingerprint density at radius 1 is 1.05 bits per heavy atom. The highest BCUT2D eigenvalue weighted by Crippen LogP contribution is 2.51. The molecule has 1 aliphatic heterocycles. The van der Waals surface area contributed by atoms with Gasteiger partial charge in [0.1, 0.15) is 18.2 Å². The number of Topliss-reactive ketones (excluding diaryl/α,β-unsaturated/α-hetero) is 1. The van der Waals surface area contributed by atoms with Gasteiger partial charge in [-0.15, -0.1) is 0 Å². The summed E-state index contributed by atoms with van der Waals surface area (Å²) in [5.41, 5.74) is 14.6. The molecule has 5 rings (SSSR count). The first kappa shape index (κ1) is 28.5. The molecule has 0 saturated heterocycles. The van der Waals surface area contributed by atoms with Crippen molar-refractivity contribution in [2.24, 2.45) is 11.1 Å². The van der Waals surface area contributed by atoms with E-state index in [0.717, 1.165) is 45.6 Å². The van der Waals surface area contributed by atoms with E-state index in [-0.39, 0.29) is 11.2 Å². The highest BCUT2D eigenvalue weighted by atomic mass is 35.5. The summed E-state index contributed by atoms with van der Waals surface area (Å²) in [5.74, 6) is 0.504. The van der Waals surface area contributed by atoms with E-state index in [4.69, 9.17) is 22.1 Å². The monoisotopic (exact) mass is 565 g/mol. The molecule has 5 nitrogen and oxygen atoms in total. The van der Waals surface area contributed by atoms with Crippen LogP contribution >= 0.6 is 11.6 Å². The molecule has 1 unspecified atom stereocenters. The molecule has 3 aromatic carbocycles. The van der Waals surface area contributed by atoms with Crippen LogP contribution in [0.5, 0.6) is 5.75 Å². The van der Waals surface area contributed by atoms with Crippen LogP contribution in [-0.2, 0) is 17.8 Å². The second-order valence-electron chi connectivity index (χ2n) is 11.8. The van der Waals surface area contributed by atoms with E-state index >= 15 is 0 Å². The third-order valence-electron chi connectivity index (χ3n) is 8.25. The number of nitrogens with two attached hydrogens (primary N) is 1. The predicted molar refractivity (Wildman–Crippen MR) is 165 cm³/mol. The first-order chi connectivity index (χ1) is 19.6. The van der Waals surface area contributed by atoms with E-state index in [2.05, 4.69) is 45.0 Å². The number of anilines is 1. The van der Waals surface area contributed by atoms with Crippen molar-refractivity contribution in [1.29, 1.82) is 5.26 Å². The van der Waals surface area contributed by atoms with Gasteiger partial charge in [-0.25, -0.2) is 0 Å². The smallest absolute Gasteiger partial charge is 0.162 e. The molecule has 0 saturated carbocycles. The number of carbonyl (C=O) groups is 1. The molecule has 0 amide bonds. The van der Waals surface area contributed by atoms with Crippen LogP contribution in [0.15, 0.2) is 83.3 Å². The molecule has 1 heterocycles. The van der Waals surface area contributed by atoms with Crippen LogP contribution in [0, 0.1) is 30.6 Å². The first-order valence-electron chi connectivity index (χ1n) is 14.1. The van der Waals surface area contributed by atoms with Gasteiger partial charge in [0, 0.05) is 17.7 Å². The zero-order valence-corrected chi connectivity index (χ0v) is 25.1. The van der Waals surface area contributed by atoms with Gasteiger partial charge in [0.2, 0.25) is 0 Å². The molecule has 6 heteroatoms. The zero-order valence-electron chi connectivity index (χ0n) is 24.3. The van der Waals surface area contributed by atoms with Crippen LogP contribution in [0.25, 0.3) is 0 Å². The topological polar surface area (TPSA) is 79.3 Å². The van der Waals surface area contributed by atoms with Gasteiger partial charge in [0.25, 0.3) is 0 Å². The van der Waals surface area contributed by atoms with E-state index < -0.39 is 5.92 Å². The third kappa shape index (κ3) is 5.25. The summed E-state index contributed by atoms with van der Waals surface area (Å²) in [5, 5.41) is 11.1. The summed E-state index contributed by atoms with van der Waals surface area (Å²) in [7, 11) is 0. The molecule has 0 fully saturated rings. The molecule has 41 heavy (non-hydrogen) atoms. The van der Waals surface area contributed by atoms with Crippen molar-refractivity contribution in [3.63, 3.8) is 0 Å². The molecule has 2 aliphatic rings. The minimum absolute atomic E-state index is 0.0642. The molecule has 0 radical (unpaired) electrons. The minimum Gasteiger partial charge on any atom is -0.487 e. The number of hydrogen-bond donors (Lipinski definition) is 1. The normalized spacial score (nSPS) is 18.3. The van der Waals surface area contributed by atoms with Gasteiger partial charge < -0.3 is 10.5 Å². The number of aryl methyl sites for hydroxylation is 3. The zero-order chi connectivity index (χ0) is 29.5. The van der Waals surface area contributed by atoms with Gasteiger partial charge >= 0.3 is 0 Å². The lowest BCUT2D eigenvalue weighted by Gasteiger charge is -2.44. The highest BCUT2D eigenvalue weighted by Gasteiger charge is 2.45. The number of ether oxygens (including phenoxy) is 1. The molecule has 0 aromatic heterocycles. The van der Waals surface area contributed by atoms with E-state index in [0.29, 0.717) is 47.2 Å². The molecule has 3 aromatic rings. The molecule has 210 valence electrons. The molecule has 2 N–H and O–H groups in total. The minimum atomic E-state index is -0.552. The maximum absolute atomic E-state index is 14.0. The fourth-order valence-electron chi connectivity index (χ4n) is 6.22. The van der Waals surface area contributed by atoms with Gasteiger partial charge in [0.05, 0.1) is 28.3 Å². The maximum atomic E-state index is 14.0. The Morgan fingerprint density at radius 2 is 1.76 bits per heavy atom. The molecular weight excluding hydrogens is 530 g/mol. The largest absolute Gasteiger partial charge is 0.487 e. The van der Waals surface area contributed by atoms with Crippen LogP contribution in [0.3, 0.4) is 0 Å². The average molecular weight is 566 g/mol. The number of hydrogen-bond acceptors (Lipinski definition) is 5. The number of ketones is 1. The standard InChI is InChI=1S/C35H36ClN3O2/c1-6-23-11-7-9-13-28(23)39-29-17-35(4,5)18-30(40)33(29)32(26(19-37)34(39)38)25-16-24(21(2)15-22(25)3)20-41-31-14-10-8-12-27(31)36/h7-16,32H,6,17-18,20,38H2,1-5H3. The summed E-state index contributed by atoms with van der Waals surface area (Å²) in [6, 6.07) is 22.1. The molecule has 0 bridgehead atoms. The van der Waals surface area contributed by atoms with Crippen molar-refractivity contribution in [1.82, 2.24) is 0 Å². The van der Waals surface area contributed by atoms with Crippen LogP contribution in [0.1, 0.15) is 67.3 Å². The Balaban J connectivity index is 1.69. The Morgan fingerprint density at radius 3 is 2.46 bits per heavy atom. The molecule has 0 spiro atoms. The second kappa shape index (κ2) is 11.1. The van der Waals surface area contributed by atoms with Crippen LogP contribution in [-0.4, -0.2) is 5.78 Å². The van der Waals surface area contributed by atoms with Gasteiger partial charge in [-0.2, -0.15) is 5.26 Å². The van der Waals surface area contributed by atoms with E-state index in [1.54, 1.807) is 6.07 Å². The van der Waals surface area contributed by atoms with Crippen molar-refractivity contribution in [2.45, 2.75) is 66.4 Å². The number of benzene rings is 3. The number of allylic oxidation sites excluding steroid dienone is 3. The molecule has 1 atom stereocenters. The van der Waals surface area contributed by atoms with Gasteiger partial charge in [0.15, 0.2) is 5.78 Å². The molecular formula is C35H36ClN3O2. The van der Waals surface area contributed by atoms with Crippen molar-refractivity contribution >= 4 is 23.1 Å². The quantitative estimate of drug-likeness (QED) is 0.327. The van der Waals surface area contributed by atoms with Gasteiger partial charge in [-0.1, -0.05) is 74.8 Å². The van der Waals surface area contributed by atoms with Crippen LogP contribution < -0.4 is 15.4 Å². The lowest BCUT2D eigenvalue weighted by molar-refractivity contribution is -0.118. The molecule has 1 aliphatic carbocycles. The number of para-hydroxylation sites is 2. The Hall–Kier alpha value is -4.01. The van der Waals surface area contributed by atoms with Crippen LogP contribution in [0.2, 0.25) is 5.02 Å². The lowest BCUT2D eigenvalue weighted by Crippen LogP contribution is -2.42. The first-order valence-corrected chi connectivity index (χ1v) is 14.5. The van der Waals surface area contributed by atoms with Gasteiger partial charge in [-0.05, 0) is 78.1 Å². The average Bonchev–Trinajstić information content (AvgIpc) is 2.92. The Kier molecular flexibility index (Phi) is 7.72. The van der Waals surface area contributed by atoms with Crippen molar-refractivity contribution < 1.29 is 9.53 Å². The number of nitriles is 1. The van der Waals surface area contributed by atoms with Crippen molar-refractivity contribution in [2.75, 3.05) is 4.90 Å². The van der Waals surface area contributed by atoms with Crippen LogP contribution in [0.4, 0.5) is 5.69 Å². The summed E-state index contributed by atoms with van der Waals surface area (Å²) in [6.07, 6.45) is 1.89. The SMILES string of the molecule is CCc1ccccc1N1C(N)=C(C#N)C(c2cc(COc3ccccc3Cl)c(C)cc2C)C2=C1CC(C)(C)CC2=O. The number of nitrogens with zero attached hydrogens (tertiary/aromatic N) is 2. The summed E-state index contributed by atoms with van der Waals surface area (Å²) < 4.78 is 6.09. The number of halogens is 1. The van der Waals surface area contributed by atoms with E-state index in [1.165, 1.54) is 0 Å². The fraction of sp³-hybridized carbons (Fsp3) is 0.314. The second-order valence-corrected chi connectivity index (χ2v) is 12.2. The highest BCUT2D eigenvalue weighted by molar-refractivity contribution is 6.32. The Labute approximate surface area is 247 Å². The summed E-state index contributed by atoms with van der Waals surface area (Å²) in [4.78, 5) is 16.0. The Bertz CT molecular complexity index is 1640. The predicted octanol–water partition coefficient (Wildman–Crippen LogP) is 8.04.